The van der Waals surface area contributed by atoms with Gasteiger partial charge in [0.05, 0.1) is 0 Å². The van der Waals surface area contributed by atoms with Crippen LogP contribution in [0, 0.1) is 5.82 Å². The Labute approximate surface area is 140 Å². The molecule has 2 rings (SSSR count). The highest BCUT2D eigenvalue weighted by Crippen LogP contribution is 2.25. The van der Waals surface area contributed by atoms with Crippen LogP contribution in [0.3, 0.4) is 0 Å². The summed E-state index contributed by atoms with van der Waals surface area (Å²) in [5.41, 5.74) is 0.805. The Kier molecular flexibility index (Phi) is 5.19. The molecule has 112 valence electrons. The van der Waals surface area contributed by atoms with E-state index < -0.39 is 15.8 Å². The average molecular weight is 437 g/mol. The Morgan fingerprint density at radius 1 is 1.14 bits per heavy atom. The van der Waals surface area contributed by atoms with Gasteiger partial charge in [0.2, 0.25) is 10.0 Å². The first kappa shape index (κ1) is 16.6. The Morgan fingerprint density at radius 2 is 1.81 bits per heavy atom. The second kappa shape index (κ2) is 6.56. The van der Waals surface area contributed by atoms with Gasteiger partial charge < -0.3 is 0 Å². The van der Waals surface area contributed by atoms with E-state index in [0.717, 1.165) is 20.4 Å². The summed E-state index contributed by atoms with van der Waals surface area (Å²) in [6.45, 7) is 0.149. The van der Waals surface area contributed by atoms with Crippen LogP contribution in [0.4, 0.5) is 4.39 Å². The first-order chi connectivity index (χ1) is 9.82. The highest BCUT2D eigenvalue weighted by molar-refractivity contribution is 9.10. The van der Waals surface area contributed by atoms with Gasteiger partial charge in [0.15, 0.2) is 0 Å². The lowest BCUT2D eigenvalue weighted by atomic mass is 10.2. The summed E-state index contributed by atoms with van der Waals surface area (Å²) in [5.74, 6) is -0.767. The van der Waals surface area contributed by atoms with Crippen LogP contribution in [0.15, 0.2) is 56.3 Å². The van der Waals surface area contributed by atoms with Crippen molar-refractivity contribution in [2.45, 2.75) is 11.4 Å². The van der Waals surface area contributed by atoms with Crippen LogP contribution >= 0.6 is 31.9 Å². The van der Waals surface area contributed by atoms with Crippen molar-refractivity contribution in [3.63, 3.8) is 0 Å². The van der Waals surface area contributed by atoms with E-state index in [-0.39, 0.29) is 11.4 Å². The molecule has 0 saturated heterocycles. The van der Waals surface area contributed by atoms with Crippen molar-refractivity contribution in [3.05, 3.63) is 62.8 Å². The van der Waals surface area contributed by atoms with Gasteiger partial charge in [0, 0.05) is 22.5 Å². The number of hydrogen-bond acceptors (Lipinski definition) is 2. The molecule has 0 N–H and O–H groups in total. The molecule has 0 aliphatic carbocycles. The lowest BCUT2D eigenvalue weighted by Crippen LogP contribution is -2.27. The molecule has 0 unspecified atom stereocenters. The van der Waals surface area contributed by atoms with Gasteiger partial charge in [-0.15, -0.1) is 0 Å². The maximum atomic E-state index is 13.8. The number of halogens is 3. The van der Waals surface area contributed by atoms with Gasteiger partial charge in [-0.25, -0.2) is 12.8 Å². The summed E-state index contributed by atoms with van der Waals surface area (Å²) >= 11 is 6.53. The molecule has 3 nitrogen and oxygen atoms in total. The number of sulfonamides is 1. The van der Waals surface area contributed by atoms with Gasteiger partial charge in [-0.3, -0.25) is 0 Å². The van der Waals surface area contributed by atoms with Crippen LogP contribution < -0.4 is 0 Å². The number of rotatable bonds is 4. The smallest absolute Gasteiger partial charge is 0.207 e. The zero-order valence-corrected chi connectivity index (χ0v) is 15.0. The van der Waals surface area contributed by atoms with Crippen molar-refractivity contribution in [3.8, 4) is 0 Å². The van der Waals surface area contributed by atoms with Crippen LogP contribution in [0.1, 0.15) is 5.56 Å². The Bertz CT molecular complexity index is 765. The van der Waals surface area contributed by atoms with E-state index in [4.69, 9.17) is 0 Å². The fourth-order valence-corrected chi connectivity index (χ4v) is 3.95. The predicted molar refractivity (Wildman–Crippen MR) is 86.9 cm³/mol. The molecule has 0 aromatic heterocycles. The monoisotopic (exact) mass is 435 g/mol. The van der Waals surface area contributed by atoms with Gasteiger partial charge >= 0.3 is 0 Å². The Hall–Kier alpha value is -0.760. The normalized spacial score (nSPS) is 11.9. The number of nitrogens with zero attached hydrogens (tertiary/aromatic N) is 1. The Balaban J connectivity index is 2.35. The van der Waals surface area contributed by atoms with Crippen molar-refractivity contribution in [1.29, 1.82) is 0 Å². The Morgan fingerprint density at radius 3 is 2.48 bits per heavy atom. The van der Waals surface area contributed by atoms with E-state index >= 15 is 0 Å². The second-order valence-corrected chi connectivity index (χ2v) is 8.21. The van der Waals surface area contributed by atoms with Gasteiger partial charge in [-0.05, 0) is 29.8 Å². The summed E-state index contributed by atoms with van der Waals surface area (Å²) in [4.78, 5) is -0.341. The molecule has 7 heteroatoms. The minimum absolute atomic E-state index is 0.149. The SMILES string of the molecule is CN(Cc1ccccc1Br)S(=O)(=O)c1cc(Br)ccc1F. The van der Waals surface area contributed by atoms with E-state index in [9.17, 15) is 12.8 Å². The minimum Gasteiger partial charge on any atom is -0.207 e. The van der Waals surface area contributed by atoms with E-state index in [1.165, 1.54) is 19.2 Å². The van der Waals surface area contributed by atoms with E-state index in [2.05, 4.69) is 31.9 Å². The molecule has 0 saturated carbocycles. The lowest BCUT2D eigenvalue weighted by Gasteiger charge is -2.18. The highest BCUT2D eigenvalue weighted by atomic mass is 79.9. The molecule has 0 fully saturated rings. The third-order valence-electron chi connectivity index (χ3n) is 2.93. The van der Waals surface area contributed by atoms with Crippen LogP contribution in [0.5, 0.6) is 0 Å². The van der Waals surface area contributed by atoms with Gasteiger partial charge in [-0.2, -0.15) is 4.31 Å². The molecule has 0 atom stereocenters. The van der Waals surface area contributed by atoms with Crippen LogP contribution in [-0.4, -0.2) is 19.8 Å². The van der Waals surface area contributed by atoms with Crippen molar-refractivity contribution >= 4 is 41.9 Å². The molecule has 21 heavy (non-hydrogen) atoms. The minimum atomic E-state index is -3.90. The first-order valence-electron chi connectivity index (χ1n) is 5.97. The van der Waals surface area contributed by atoms with E-state index in [1.54, 1.807) is 0 Å². The van der Waals surface area contributed by atoms with Crippen molar-refractivity contribution < 1.29 is 12.8 Å². The van der Waals surface area contributed by atoms with Crippen molar-refractivity contribution in [2.75, 3.05) is 7.05 Å². The van der Waals surface area contributed by atoms with Crippen LogP contribution in [0.2, 0.25) is 0 Å². The fraction of sp³-hybridized carbons (Fsp3) is 0.143. The molecule has 0 aliphatic heterocycles. The zero-order chi connectivity index (χ0) is 15.6. The summed E-state index contributed by atoms with van der Waals surface area (Å²) in [6, 6.07) is 11.2. The molecule has 0 bridgehead atoms. The molecular formula is C14H12Br2FNO2S. The van der Waals surface area contributed by atoms with E-state index in [1.807, 2.05) is 24.3 Å². The lowest BCUT2D eigenvalue weighted by molar-refractivity contribution is 0.459. The average Bonchev–Trinajstić information content (AvgIpc) is 2.43. The molecule has 2 aromatic carbocycles. The highest BCUT2D eigenvalue weighted by Gasteiger charge is 2.25. The van der Waals surface area contributed by atoms with Gasteiger partial charge in [0.25, 0.3) is 0 Å². The third kappa shape index (κ3) is 3.71. The maximum absolute atomic E-state index is 13.8. The van der Waals surface area contributed by atoms with E-state index in [0.29, 0.717) is 4.47 Å². The maximum Gasteiger partial charge on any atom is 0.246 e. The van der Waals surface area contributed by atoms with Crippen LogP contribution in [-0.2, 0) is 16.6 Å². The summed E-state index contributed by atoms with van der Waals surface area (Å²) in [6.07, 6.45) is 0. The molecule has 0 heterocycles. The van der Waals surface area contributed by atoms with Crippen molar-refractivity contribution in [2.24, 2.45) is 0 Å². The molecule has 0 radical (unpaired) electrons. The van der Waals surface area contributed by atoms with Gasteiger partial charge in [0.1, 0.15) is 10.7 Å². The number of hydrogen-bond donors (Lipinski definition) is 0. The third-order valence-corrected chi connectivity index (χ3v) is 6.02. The molecule has 0 amide bonds. The molecule has 0 aliphatic rings. The predicted octanol–water partition coefficient (Wildman–Crippen LogP) is 4.17. The summed E-state index contributed by atoms with van der Waals surface area (Å²) in [5, 5.41) is 0. The quantitative estimate of drug-likeness (QED) is 0.721. The first-order valence-corrected chi connectivity index (χ1v) is 9.00. The molecule has 2 aromatic rings. The number of benzene rings is 2. The largest absolute Gasteiger partial charge is 0.246 e. The van der Waals surface area contributed by atoms with Crippen LogP contribution in [0.25, 0.3) is 0 Å². The zero-order valence-electron chi connectivity index (χ0n) is 11.1. The standard InChI is InChI=1S/C14H12Br2FNO2S/c1-18(9-10-4-2-3-5-12(10)16)21(19,20)14-8-11(15)6-7-13(14)17/h2-8H,9H2,1H3. The fourth-order valence-electron chi connectivity index (χ4n) is 1.79. The topological polar surface area (TPSA) is 37.4 Å². The summed E-state index contributed by atoms with van der Waals surface area (Å²) in [7, 11) is -2.47. The molecule has 0 spiro atoms. The van der Waals surface area contributed by atoms with Crippen molar-refractivity contribution in [1.82, 2.24) is 4.31 Å². The summed E-state index contributed by atoms with van der Waals surface area (Å²) < 4.78 is 41.2. The second-order valence-electron chi connectivity index (χ2n) is 4.43. The molecular weight excluding hydrogens is 425 g/mol. The van der Waals surface area contributed by atoms with Gasteiger partial charge in [-0.1, -0.05) is 50.1 Å².